The minimum Gasteiger partial charge on any atom is -0.286 e. The van der Waals surface area contributed by atoms with Gasteiger partial charge in [-0.15, -0.1) is 0 Å². The molecule has 1 saturated heterocycles. The van der Waals surface area contributed by atoms with Gasteiger partial charge in [-0.2, -0.15) is 10.2 Å². The first-order valence-electron chi connectivity index (χ1n) is 7.23. The summed E-state index contributed by atoms with van der Waals surface area (Å²) in [6.45, 7) is 6.13. The third kappa shape index (κ3) is 2.58. The second-order valence-electron chi connectivity index (χ2n) is 5.57. The fraction of sp³-hybridized carbons (Fsp3) is 0.692. The Labute approximate surface area is 118 Å². The first-order valence-corrected chi connectivity index (χ1v) is 7.23. The molecule has 0 radical (unpaired) electrons. The molecule has 0 aromatic carbocycles. The molecule has 0 amide bonds. The molecule has 0 saturated carbocycles. The molecule has 1 atom stereocenters. The molecule has 1 aliphatic heterocycles. The summed E-state index contributed by atoms with van der Waals surface area (Å²) in [6, 6.07) is 0.643. The molecule has 3 heterocycles. The molecule has 20 heavy (non-hydrogen) atoms. The number of aromatic amines is 1. The summed E-state index contributed by atoms with van der Waals surface area (Å²) >= 11 is 0. The maximum absolute atomic E-state index is 4.41. The Morgan fingerprint density at radius 1 is 1.30 bits per heavy atom. The second kappa shape index (κ2) is 5.70. The van der Waals surface area contributed by atoms with E-state index in [4.69, 9.17) is 0 Å². The first kappa shape index (κ1) is 13.2. The Morgan fingerprint density at radius 3 is 2.95 bits per heavy atom. The number of likely N-dealkylation sites (tertiary alicyclic amines) is 1. The number of nitrogens with zero attached hydrogens (tertiary/aromatic N) is 6. The molecular formula is C13H21N7. The van der Waals surface area contributed by atoms with Crippen molar-refractivity contribution in [2.75, 3.05) is 6.54 Å². The van der Waals surface area contributed by atoms with Gasteiger partial charge in [0, 0.05) is 6.04 Å². The van der Waals surface area contributed by atoms with Crippen LogP contribution in [0.2, 0.25) is 0 Å². The molecule has 2 aromatic rings. The molecular weight excluding hydrogens is 254 g/mol. The highest BCUT2D eigenvalue weighted by molar-refractivity contribution is 4.97. The van der Waals surface area contributed by atoms with Crippen LogP contribution in [0.4, 0.5) is 0 Å². The summed E-state index contributed by atoms with van der Waals surface area (Å²) in [6.07, 6.45) is 6.80. The molecule has 0 spiro atoms. The van der Waals surface area contributed by atoms with Gasteiger partial charge in [0.2, 0.25) is 0 Å². The molecule has 3 rings (SSSR count). The van der Waals surface area contributed by atoms with Crippen LogP contribution in [0.1, 0.15) is 56.8 Å². The van der Waals surface area contributed by atoms with Gasteiger partial charge in [0.1, 0.15) is 24.3 Å². The van der Waals surface area contributed by atoms with Gasteiger partial charge >= 0.3 is 0 Å². The Bertz CT molecular complexity index is 531. The van der Waals surface area contributed by atoms with E-state index in [1.807, 2.05) is 4.68 Å². The number of aromatic nitrogens is 6. The van der Waals surface area contributed by atoms with Crippen LogP contribution in [0.3, 0.4) is 0 Å². The zero-order valence-electron chi connectivity index (χ0n) is 12.0. The van der Waals surface area contributed by atoms with Crippen LogP contribution in [-0.4, -0.2) is 41.4 Å². The van der Waals surface area contributed by atoms with Gasteiger partial charge in [0.25, 0.3) is 0 Å². The van der Waals surface area contributed by atoms with Gasteiger partial charge in [-0.1, -0.05) is 6.42 Å². The highest BCUT2D eigenvalue weighted by Gasteiger charge is 2.27. The van der Waals surface area contributed by atoms with Crippen molar-refractivity contribution in [3.05, 3.63) is 24.3 Å². The van der Waals surface area contributed by atoms with Gasteiger partial charge in [-0.25, -0.2) is 14.6 Å². The van der Waals surface area contributed by atoms with Crippen LogP contribution in [0.5, 0.6) is 0 Å². The third-order valence-corrected chi connectivity index (χ3v) is 3.84. The summed E-state index contributed by atoms with van der Waals surface area (Å²) in [7, 11) is 0. The summed E-state index contributed by atoms with van der Waals surface area (Å²) in [5.41, 5.74) is 0. The number of H-pyrrole nitrogens is 1. The lowest BCUT2D eigenvalue weighted by atomic mass is 10.0. The molecule has 1 N–H and O–H groups in total. The van der Waals surface area contributed by atoms with E-state index in [-0.39, 0.29) is 0 Å². The van der Waals surface area contributed by atoms with E-state index in [1.54, 1.807) is 12.7 Å². The fourth-order valence-corrected chi connectivity index (χ4v) is 2.87. The van der Waals surface area contributed by atoms with Gasteiger partial charge in [-0.3, -0.25) is 10.00 Å². The molecule has 1 aliphatic rings. The summed E-state index contributed by atoms with van der Waals surface area (Å²) in [5.74, 6) is 1.98. The van der Waals surface area contributed by atoms with E-state index in [2.05, 4.69) is 44.0 Å². The zero-order valence-corrected chi connectivity index (χ0v) is 12.0. The van der Waals surface area contributed by atoms with Gasteiger partial charge in [-0.05, 0) is 33.2 Å². The molecule has 1 fully saturated rings. The number of hydrogen-bond acceptors (Lipinski definition) is 5. The molecule has 108 valence electrons. The average molecular weight is 275 g/mol. The van der Waals surface area contributed by atoms with Crippen molar-refractivity contribution in [1.82, 2.24) is 34.8 Å². The Balaban J connectivity index is 1.79. The summed E-state index contributed by atoms with van der Waals surface area (Å²) in [4.78, 5) is 11.2. The lowest BCUT2D eigenvalue weighted by Crippen LogP contribution is -2.34. The van der Waals surface area contributed by atoms with Crippen molar-refractivity contribution in [2.45, 2.75) is 51.7 Å². The standard InChI is InChI=1S/C13H21N7/c1-10(2)20-12(14-9-17-20)7-19-6-4-3-5-11(19)13-15-8-16-18-13/h8-11H,3-7H2,1-2H3,(H,15,16,18). The Kier molecular flexibility index (Phi) is 3.77. The molecule has 2 aromatic heterocycles. The summed E-state index contributed by atoms with van der Waals surface area (Å²) in [5, 5.41) is 11.3. The lowest BCUT2D eigenvalue weighted by molar-refractivity contribution is 0.127. The highest BCUT2D eigenvalue weighted by Crippen LogP contribution is 2.29. The first-order chi connectivity index (χ1) is 9.75. The van der Waals surface area contributed by atoms with E-state index >= 15 is 0 Å². The van der Waals surface area contributed by atoms with Crippen molar-refractivity contribution < 1.29 is 0 Å². The third-order valence-electron chi connectivity index (χ3n) is 3.84. The predicted molar refractivity (Wildman–Crippen MR) is 73.8 cm³/mol. The minimum atomic E-state index is 0.309. The van der Waals surface area contributed by atoms with E-state index < -0.39 is 0 Å². The molecule has 1 unspecified atom stereocenters. The molecule has 7 nitrogen and oxygen atoms in total. The SMILES string of the molecule is CC(C)n1ncnc1CN1CCCCC1c1ncn[nH]1. The smallest absolute Gasteiger partial charge is 0.141 e. The average Bonchev–Trinajstić information content (AvgIpc) is 3.09. The Morgan fingerprint density at radius 2 is 2.20 bits per heavy atom. The van der Waals surface area contributed by atoms with Crippen molar-refractivity contribution in [1.29, 1.82) is 0 Å². The molecule has 7 heteroatoms. The highest BCUT2D eigenvalue weighted by atomic mass is 15.4. The topological polar surface area (TPSA) is 75.5 Å². The molecule has 0 aliphatic carbocycles. The van der Waals surface area contributed by atoms with Crippen LogP contribution in [0.25, 0.3) is 0 Å². The maximum Gasteiger partial charge on any atom is 0.141 e. The van der Waals surface area contributed by atoms with Crippen LogP contribution >= 0.6 is 0 Å². The largest absolute Gasteiger partial charge is 0.286 e. The number of piperidine rings is 1. The van der Waals surface area contributed by atoms with Crippen molar-refractivity contribution in [3.8, 4) is 0 Å². The van der Waals surface area contributed by atoms with Gasteiger partial charge in [0.15, 0.2) is 0 Å². The van der Waals surface area contributed by atoms with E-state index in [0.29, 0.717) is 12.1 Å². The number of rotatable bonds is 4. The van der Waals surface area contributed by atoms with Gasteiger partial charge < -0.3 is 0 Å². The summed E-state index contributed by atoms with van der Waals surface area (Å²) < 4.78 is 1.99. The number of hydrogen-bond donors (Lipinski definition) is 1. The van der Waals surface area contributed by atoms with Crippen molar-refractivity contribution in [3.63, 3.8) is 0 Å². The fourth-order valence-electron chi connectivity index (χ4n) is 2.87. The predicted octanol–water partition coefficient (Wildman–Crippen LogP) is 1.70. The monoisotopic (exact) mass is 275 g/mol. The van der Waals surface area contributed by atoms with Gasteiger partial charge in [0.05, 0.1) is 12.6 Å². The van der Waals surface area contributed by atoms with Crippen LogP contribution in [-0.2, 0) is 6.54 Å². The van der Waals surface area contributed by atoms with E-state index in [1.165, 1.54) is 12.8 Å². The van der Waals surface area contributed by atoms with Crippen LogP contribution < -0.4 is 0 Å². The van der Waals surface area contributed by atoms with E-state index in [0.717, 1.165) is 31.2 Å². The van der Waals surface area contributed by atoms with Crippen molar-refractivity contribution >= 4 is 0 Å². The minimum absolute atomic E-state index is 0.309. The van der Waals surface area contributed by atoms with Crippen molar-refractivity contribution in [2.24, 2.45) is 0 Å². The van der Waals surface area contributed by atoms with Crippen LogP contribution in [0, 0.1) is 0 Å². The van der Waals surface area contributed by atoms with E-state index in [9.17, 15) is 0 Å². The Hall–Kier alpha value is -1.76. The molecule has 0 bridgehead atoms. The normalized spacial score (nSPS) is 20.6. The lowest BCUT2D eigenvalue weighted by Gasteiger charge is -2.33. The number of nitrogens with one attached hydrogen (secondary N) is 1. The van der Waals surface area contributed by atoms with Crippen LogP contribution in [0.15, 0.2) is 12.7 Å². The maximum atomic E-state index is 4.41. The second-order valence-corrected chi connectivity index (χ2v) is 5.57. The zero-order chi connectivity index (χ0) is 13.9. The quantitative estimate of drug-likeness (QED) is 0.919.